The minimum atomic E-state index is 0.117. The Balaban J connectivity index is 1.54. The van der Waals surface area contributed by atoms with E-state index in [1.165, 1.54) is 0 Å². The molecule has 2 N–H and O–H groups in total. The number of benzene rings is 2. The molecule has 7 heteroatoms. The number of anilines is 1. The largest absolute Gasteiger partial charge is 0.491 e. The van der Waals surface area contributed by atoms with Crippen LogP contribution in [0.4, 0.5) is 5.69 Å². The Morgan fingerprint density at radius 1 is 1.15 bits per heavy atom. The van der Waals surface area contributed by atoms with E-state index in [-0.39, 0.29) is 6.10 Å². The maximum absolute atomic E-state index is 5.67. The Bertz CT molecular complexity index is 865. The Morgan fingerprint density at radius 2 is 1.96 bits per heavy atom. The number of thiocarbonyl (C=S) groups is 1. The van der Waals surface area contributed by atoms with Crippen molar-refractivity contribution in [3.63, 3.8) is 0 Å². The van der Waals surface area contributed by atoms with E-state index in [9.17, 15) is 0 Å². The Morgan fingerprint density at radius 3 is 2.73 bits per heavy atom. The Hall–Kier alpha value is -2.93. The smallest absolute Gasteiger partial charge is 0.246 e. The van der Waals surface area contributed by atoms with E-state index in [0.29, 0.717) is 23.4 Å². The Kier molecular flexibility index (Phi) is 5.80. The van der Waals surface area contributed by atoms with E-state index in [2.05, 4.69) is 20.8 Å². The lowest BCUT2D eigenvalue weighted by molar-refractivity contribution is 0.242. The van der Waals surface area contributed by atoms with Gasteiger partial charge in [-0.15, -0.1) is 0 Å². The van der Waals surface area contributed by atoms with Crippen molar-refractivity contribution in [3.8, 4) is 17.1 Å². The normalized spacial score (nSPS) is 10.6. The summed E-state index contributed by atoms with van der Waals surface area (Å²) in [7, 11) is 0. The summed E-state index contributed by atoms with van der Waals surface area (Å²) in [4.78, 5) is 4.36. The lowest BCUT2D eigenvalue weighted by Gasteiger charge is -2.12. The third-order valence-electron chi connectivity index (χ3n) is 3.36. The summed E-state index contributed by atoms with van der Waals surface area (Å²) >= 11 is 5.31. The second-order valence-corrected chi connectivity index (χ2v) is 6.29. The lowest BCUT2D eigenvalue weighted by Crippen LogP contribution is -2.28. The maximum Gasteiger partial charge on any atom is 0.246 e. The average Bonchev–Trinajstić information content (AvgIpc) is 3.09. The topological polar surface area (TPSA) is 72.2 Å². The first-order chi connectivity index (χ1) is 12.6. The van der Waals surface area contributed by atoms with Gasteiger partial charge in [0.15, 0.2) is 5.11 Å². The average molecular weight is 368 g/mol. The van der Waals surface area contributed by atoms with Crippen molar-refractivity contribution in [2.45, 2.75) is 26.5 Å². The number of hydrogen-bond donors (Lipinski definition) is 2. The van der Waals surface area contributed by atoms with E-state index in [4.69, 9.17) is 21.5 Å². The molecular weight excluding hydrogens is 348 g/mol. The molecule has 0 atom stereocenters. The van der Waals surface area contributed by atoms with E-state index in [0.717, 1.165) is 17.0 Å². The lowest BCUT2D eigenvalue weighted by atomic mass is 10.2. The van der Waals surface area contributed by atoms with E-state index in [1.54, 1.807) is 0 Å². The highest BCUT2D eigenvalue weighted by Crippen LogP contribution is 2.18. The highest BCUT2D eigenvalue weighted by Gasteiger charge is 2.09. The molecule has 0 amide bonds. The van der Waals surface area contributed by atoms with Crippen LogP contribution in [0.1, 0.15) is 19.7 Å². The van der Waals surface area contributed by atoms with Crippen molar-refractivity contribution < 1.29 is 9.26 Å². The number of rotatable bonds is 6. The van der Waals surface area contributed by atoms with Crippen LogP contribution in [0.15, 0.2) is 59.1 Å². The van der Waals surface area contributed by atoms with Gasteiger partial charge in [0, 0.05) is 17.3 Å². The van der Waals surface area contributed by atoms with Gasteiger partial charge >= 0.3 is 0 Å². The molecule has 26 heavy (non-hydrogen) atoms. The summed E-state index contributed by atoms with van der Waals surface area (Å²) in [5.74, 6) is 1.81. The first-order valence-electron chi connectivity index (χ1n) is 8.30. The first-order valence-corrected chi connectivity index (χ1v) is 8.70. The summed E-state index contributed by atoms with van der Waals surface area (Å²) in [6, 6.07) is 17.3. The monoisotopic (exact) mass is 368 g/mol. The molecule has 0 fully saturated rings. The van der Waals surface area contributed by atoms with Crippen molar-refractivity contribution in [1.82, 2.24) is 15.5 Å². The van der Waals surface area contributed by atoms with Gasteiger partial charge in [0.2, 0.25) is 11.7 Å². The standard InChI is InChI=1S/C19H20N4O2S/c1-13(2)24-16-10-6-9-15(11-16)21-19(26)20-12-17-22-18(23-25-17)14-7-4-3-5-8-14/h3-11,13H,12H2,1-2H3,(H2,20,21,26). The molecule has 0 spiro atoms. The quantitative estimate of drug-likeness (QED) is 0.637. The number of nitrogens with one attached hydrogen (secondary N) is 2. The van der Waals surface area contributed by atoms with Crippen molar-refractivity contribution in [3.05, 3.63) is 60.5 Å². The van der Waals surface area contributed by atoms with Crippen LogP contribution in [0.2, 0.25) is 0 Å². The molecule has 134 valence electrons. The van der Waals surface area contributed by atoms with Crippen molar-refractivity contribution in [1.29, 1.82) is 0 Å². The molecule has 1 aromatic heterocycles. The van der Waals surface area contributed by atoms with Gasteiger partial charge in [-0.25, -0.2) is 0 Å². The van der Waals surface area contributed by atoms with Crippen LogP contribution in [0.3, 0.4) is 0 Å². The first kappa shape index (κ1) is 17.9. The van der Waals surface area contributed by atoms with Crippen LogP contribution in [0.5, 0.6) is 5.75 Å². The predicted octanol–water partition coefficient (Wildman–Crippen LogP) is 4.01. The van der Waals surface area contributed by atoms with Gasteiger partial charge in [-0.2, -0.15) is 4.98 Å². The van der Waals surface area contributed by atoms with E-state index >= 15 is 0 Å². The van der Waals surface area contributed by atoms with Crippen LogP contribution < -0.4 is 15.4 Å². The van der Waals surface area contributed by atoms with Gasteiger partial charge in [0.25, 0.3) is 0 Å². The van der Waals surface area contributed by atoms with Crippen molar-refractivity contribution >= 4 is 23.0 Å². The fraction of sp³-hybridized carbons (Fsp3) is 0.211. The summed E-state index contributed by atoms with van der Waals surface area (Å²) in [6.45, 7) is 4.31. The van der Waals surface area contributed by atoms with Crippen LogP contribution in [0, 0.1) is 0 Å². The highest BCUT2D eigenvalue weighted by atomic mass is 32.1. The fourth-order valence-corrected chi connectivity index (χ4v) is 2.47. The third kappa shape index (κ3) is 5.03. The van der Waals surface area contributed by atoms with Crippen LogP contribution in [0.25, 0.3) is 11.4 Å². The van der Waals surface area contributed by atoms with Gasteiger partial charge in [0.1, 0.15) is 5.75 Å². The van der Waals surface area contributed by atoms with Gasteiger partial charge in [-0.1, -0.05) is 41.6 Å². The summed E-state index contributed by atoms with van der Waals surface area (Å²) in [5, 5.41) is 10.6. The molecule has 6 nitrogen and oxygen atoms in total. The number of aromatic nitrogens is 2. The van der Waals surface area contributed by atoms with Gasteiger partial charge in [0.05, 0.1) is 12.6 Å². The summed E-state index contributed by atoms with van der Waals surface area (Å²) in [5.41, 5.74) is 1.75. The number of hydrogen-bond acceptors (Lipinski definition) is 5. The van der Waals surface area contributed by atoms with Crippen LogP contribution in [-0.2, 0) is 6.54 Å². The zero-order valence-corrected chi connectivity index (χ0v) is 15.4. The third-order valence-corrected chi connectivity index (χ3v) is 3.61. The van der Waals surface area contributed by atoms with E-state index < -0.39 is 0 Å². The molecule has 3 aromatic rings. The SMILES string of the molecule is CC(C)Oc1cccc(NC(=S)NCc2nc(-c3ccccc3)no2)c1. The number of ether oxygens (including phenoxy) is 1. The second-order valence-electron chi connectivity index (χ2n) is 5.88. The van der Waals surface area contributed by atoms with Crippen LogP contribution in [-0.4, -0.2) is 21.4 Å². The molecule has 3 rings (SSSR count). The minimum absolute atomic E-state index is 0.117. The van der Waals surface area contributed by atoms with Gasteiger partial charge < -0.3 is 19.9 Å². The minimum Gasteiger partial charge on any atom is -0.491 e. The molecule has 0 bridgehead atoms. The van der Waals surface area contributed by atoms with Crippen molar-refractivity contribution in [2.75, 3.05) is 5.32 Å². The molecule has 0 aliphatic heterocycles. The summed E-state index contributed by atoms with van der Waals surface area (Å²) < 4.78 is 10.9. The molecule has 0 radical (unpaired) electrons. The summed E-state index contributed by atoms with van der Waals surface area (Å²) in [6.07, 6.45) is 0.117. The molecule has 2 aromatic carbocycles. The zero-order valence-electron chi connectivity index (χ0n) is 14.6. The fourth-order valence-electron chi connectivity index (χ4n) is 2.28. The van der Waals surface area contributed by atoms with Crippen molar-refractivity contribution in [2.24, 2.45) is 0 Å². The van der Waals surface area contributed by atoms with Crippen LogP contribution >= 0.6 is 12.2 Å². The second kappa shape index (κ2) is 8.44. The predicted molar refractivity (Wildman–Crippen MR) is 105 cm³/mol. The highest BCUT2D eigenvalue weighted by molar-refractivity contribution is 7.80. The number of nitrogens with zero attached hydrogens (tertiary/aromatic N) is 2. The van der Waals surface area contributed by atoms with Gasteiger partial charge in [-0.3, -0.25) is 0 Å². The van der Waals surface area contributed by atoms with Gasteiger partial charge in [-0.05, 0) is 38.2 Å². The van der Waals surface area contributed by atoms with E-state index in [1.807, 2.05) is 68.4 Å². The maximum atomic E-state index is 5.67. The molecule has 0 aliphatic rings. The Labute approximate surface area is 157 Å². The molecule has 0 aliphatic carbocycles. The molecule has 0 saturated carbocycles. The zero-order chi connectivity index (χ0) is 18.4. The molecular formula is C19H20N4O2S. The molecule has 0 saturated heterocycles. The molecule has 0 unspecified atom stereocenters. The molecule has 1 heterocycles.